The fourth-order valence-corrected chi connectivity index (χ4v) is 3.43. The maximum absolute atomic E-state index is 13.0. The molecule has 2 heterocycles. The summed E-state index contributed by atoms with van der Waals surface area (Å²) in [6.45, 7) is 0. The molecule has 0 aromatic heterocycles. The predicted octanol–water partition coefficient (Wildman–Crippen LogP) is 2.72. The Morgan fingerprint density at radius 1 is 1.33 bits per heavy atom. The Kier molecular flexibility index (Phi) is 3.09. The number of halogens is 3. The average molecular weight is 302 g/mol. The number of nitro groups is 1. The number of nitrogens with zero attached hydrogens (tertiary/aromatic N) is 2. The van der Waals surface area contributed by atoms with Crippen LogP contribution in [-0.2, 0) is 6.18 Å². The minimum atomic E-state index is -4.78. The maximum atomic E-state index is 13.0. The Labute approximate surface area is 118 Å². The predicted molar refractivity (Wildman–Crippen MR) is 68.0 cm³/mol. The Hall–Kier alpha value is -1.83. The first-order valence-electron chi connectivity index (χ1n) is 6.61. The first-order valence-corrected chi connectivity index (χ1v) is 6.61. The van der Waals surface area contributed by atoms with Gasteiger partial charge in [-0.25, -0.2) is 0 Å². The number of hydrogen-bond acceptors (Lipinski definition) is 4. The summed E-state index contributed by atoms with van der Waals surface area (Å²) in [4.78, 5) is 11.5. The van der Waals surface area contributed by atoms with Gasteiger partial charge >= 0.3 is 6.18 Å². The van der Waals surface area contributed by atoms with Crippen molar-refractivity contribution in [1.29, 1.82) is 0 Å². The van der Waals surface area contributed by atoms with Crippen LogP contribution in [0.25, 0.3) is 0 Å². The van der Waals surface area contributed by atoms with Crippen molar-refractivity contribution in [2.45, 2.75) is 43.6 Å². The van der Waals surface area contributed by atoms with E-state index in [1.165, 1.54) is 6.07 Å². The lowest BCUT2D eigenvalue weighted by atomic mass is 9.98. The van der Waals surface area contributed by atoms with E-state index in [9.17, 15) is 28.4 Å². The van der Waals surface area contributed by atoms with Gasteiger partial charge in [0.1, 0.15) is 5.56 Å². The summed E-state index contributed by atoms with van der Waals surface area (Å²) in [6, 6.07) is 2.85. The van der Waals surface area contributed by atoms with Gasteiger partial charge in [0.2, 0.25) is 0 Å². The number of rotatable bonds is 2. The molecule has 0 saturated carbocycles. The van der Waals surface area contributed by atoms with Crippen LogP contribution in [0, 0.1) is 10.1 Å². The first-order chi connectivity index (χ1) is 9.79. The molecule has 2 aliphatic rings. The molecule has 114 valence electrons. The van der Waals surface area contributed by atoms with Crippen LogP contribution >= 0.6 is 0 Å². The molecule has 0 radical (unpaired) electrons. The van der Waals surface area contributed by atoms with E-state index in [0.717, 1.165) is 25.0 Å². The third kappa shape index (κ3) is 2.23. The number of nitro benzene ring substituents is 1. The SMILES string of the molecule is O=[N+]([O-])c1ccc(N2[C@H]3CC[C@@H]2[C@H](O)C3)cc1C(F)(F)F. The number of aliphatic hydroxyl groups excluding tert-OH is 1. The molecule has 1 aromatic rings. The highest BCUT2D eigenvalue weighted by atomic mass is 19.4. The number of aliphatic hydroxyl groups is 1. The highest BCUT2D eigenvalue weighted by molar-refractivity contribution is 5.59. The van der Waals surface area contributed by atoms with Gasteiger partial charge in [0.05, 0.1) is 17.1 Å². The molecular weight excluding hydrogens is 289 g/mol. The lowest BCUT2D eigenvalue weighted by Gasteiger charge is -2.25. The molecule has 2 fully saturated rings. The van der Waals surface area contributed by atoms with E-state index in [2.05, 4.69) is 0 Å². The standard InChI is InChI=1S/C13H13F3N2O3/c14-13(15,16)9-5-7(1-3-10(9)18(20)21)17-8-2-4-11(17)12(19)6-8/h1,3,5,8,11-12,19H,2,4,6H2/t8-,11+,12+/m0/s1. The minimum Gasteiger partial charge on any atom is -0.391 e. The van der Waals surface area contributed by atoms with E-state index in [0.29, 0.717) is 6.42 Å². The van der Waals surface area contributed by atoms with Crippen molar-refractivity contribution in [1.82, 2.24) is 0 Å². The lowest BCUT2D eigenvalue weighted by molar-refractivity contribution is -0.388. The Morgan fingerprint density at radius 2 is 2.05 bits per heavy atom. The van der Waals surface area contributed by atoms with Crippen LogP contribution in [0.5, 0.6) is 0 Å². The van der Waals surface area contributed by atoms with E-state index >= 15 is 0 Å². The molecule has 2 saturated heterocycles. The van der Waals surface area contributed by atoms with Crippen LogP contribution in [0.15, 0.2) is 18.2 Å². The van der Waals surface area contributed by atoms with Gasteiger partial charge in [-0.05, 0) is 31.4 Å². The van der Waals surface area contributed by atoms with Crippen molar-refractivity contribution < 1.29 is 23.2 Å². The topological polar surface area (TPSA) is 66.6 Å². The van der Waals surface area contributed by atoms with Gasteiger partial charge in [0.15, 0.2) is 0 Å². The van der Waals surface area contributed by atoms with E-state index in [-0.39, 0.29) is 17.8 Å². The zero-order valence-electron chi connectivity index (χ0n) is 10.9. The molecule has 2 bridgehead atoms. The molecule has 0 amide bonds. The molecule has 0 spiro atoms. The van der Waals surface area contributed by atoms with Crippen molar-refractivity contribution in [3.05, 3.63) is 33.9 Å². The van der Waals surface area contributed by atoms with Crippen LogP contribution in [0.3, 0.4) is 0 Å². The molecule has 3 atom stereocenters. The molecule has 1 N–H and O–H groups in total. The van der Waals surface area contributed by atoms with Gasteiger partial charge in [0, 0.05) is 17.8 Å². The summed E-state index contributed by atoms with van der Waals surface area (Å²) in [5.74, 6) is 0. The van der Waals surface area contributed by atoms with Crippen LogP contribution in [0.1, 0.15) is 24.8 Å². The van der Waals surface area contributed by atoms with Gasteiger partial charge in [-0.2, -0.15) is 13.2 Å². The van der Waals surface area contributed by atoms with Gasteiger partial charge < -0.3 is 10.0 Å². The molecule has 0 aliphatic carbocycles. The number of alkyl halides is 3. The second-order valence-electron chi connectivity index (χ2n) is 5.47. The van der Waals surface area contributed by atoms with E-state index < -0.39 is 28.5 Å². The van der Waals surface area contributed by atoms with Gasteiger partial charge in [0.25, 0.3) is 5.69 Å². The minimum absolute atomic E-state index is 0.00698. The lowest BCUT2D eigenvalue weighted by Crippen LogP contribution is -2.32. The number of hydrogen-bond donors (Lipinski definition) is 1. The molecule has 8 heteroatoms. The molecule has 2 aliphatic heterocycles. The zero-order chi connectivity index (χ0) is 15.4. The largest absolute Gasteiger partial charge is 0.423 e. The summed E-state index contributed by atoms with van der Waals surface area (Å²) in [6.07, 6.45) is -3.25. The number of benzene rings is 1. The summed E-state index contributed by atoms with van der Waals surface area (Å²) in [7, 11) is 0. The number of fused-ring (bicyclic) bond motifs is 2. The molecule has 1 aromatic carbocycles. The van der Waals surface area contributed by atoms with Crippen molar-refractivity contribution in [2.75, 3.05) is 4.90 Å². The molecule has 0 unspecified atom stereocenters. The van der Waals surface area contributed by atoms with Gasteiger partial charge in [-0.15, -0.1) is 0 Å². The quantitative estimate of drug-likeness (QED) is 0.674. The molecular formula is C13H13F3N2O3. The molecule has 21 heavy (non-hydrogen) atoms. The van der Waals surface area contributed by atoms with Crippen LogP contribution in [-0.4, -0.2) is 28.2 Å². The van der Waals surface area contributed by atoms with E-state index in [4.69, 9.17) is 0 Å². The third-order valence-electron chi connectivity index (χ3n) is 4.28. The van der Waals surface area contributed by atoms with Crippen LogP contribution in [0.2, 0.25) is 0 Å². The van der Waals surface area contributed by atoms with Crippen molar-refractivity contribution in [3.8, 4) is 0 Å². The smallest absolute Gasteiger partial charge is 0.391 e. The van der Waals surface area contributed by atoms with Gasteiger partial charge in [-0.3, -0.25) is 10.1 Å². The number of anilines is 1. The second kappa shape index (κ2) is 4.59. The maximum Gasteiger partial charge on any atom is 0.423 e. The normalized spacial score (nSPS) is 28.2. The summed E-state index contributed by atoms with van der Waals surface area (Å²) < 4.78 is 39.0. The molecule has 5 nitrogen and oxygen atoms in total. The van der Waals surface area contributed by atoms with Crippen molar-refractivity contribution in [2.24, 2.45) is 0 Å². The van der Waals surface area contributed by atoms with E-state index in [1.807, 2.05) is 0 Å². The average Bonchev–Trinajstić information content (AvgIpc) is 2.93. The van der Waals surface area contributed by atoms with Crippen LogP contribution in [0.4, 0.5) is 24.5 Å². The highest BCUT2D eigenvalue weighted by Crippen LogP contribution is 2.44. The fourth-order valence-electron chi connectivity index (χ4n) is 3.43. The Morgan fingerprint density at radius 3 is 2.52 bits per heavy atom. The zero-order valence-corrected chi connectivity index (χ0v) is 10.9. The fraction of sp³-hybridized carbons (Fsp3) is 0.538. The van der Waals surface area contributed by atoms with Crippen molar-refractivity contribution in [3.63, 3.8) is 0 Å². The van der Waals surface area contributed by atoms with Crippen molar-refractivity contribution >= 4 is 11.4 Å². The first kappa shape index (κ1) is 14.1. The summed E-state index contributed by atoms with van der Waals surface area (Å²) in [5, 5.41) is 20.6. The molecule has 3 rings (SSSR count). The Balaban J connectivity index is 2.04. The highest BCUT2D eigenvalue weighted by Gasteiger charge is 2.46. The summed E-state index contributed by atoms with van der Waals surface area (Å²) >= 11 is 0. The summed E-state index contributed by atoms with van der Waals surface area (Å²) in [5.41, 5.74) is -1.90. The van der Waals surface area contributed by atoms with E-state index in [1.54, 1.807) is 4.90 Å². The second-order valence-corrected chi connectivity index (χ2v) is 5.47. The van der Waals surface area contributed by atoms with Gasteiger partial charge in [-0.1, -0.05) is 0 Å². The Bertz CT molecular complexity index is 591. The van der Waals surface area contributed by atoms with Crippen LogP contribution < -0.4 is 4.90 Å². The monoisotopic (exact) mass is 302 g/mol. The third-order valence-corrected chi connectivity index (χ3v) is 4.28.